The molecule has 2 N–H and O–H groups in total. The topological polar surface area (TPSA) is 70.7 Å². The van der Waals surface area contributed by atoms with E-state index in [4.69, 9.17) is 0 Å². The van der Waals surface area contributed by atoms with Crippen molar-refractivity contribution in [3.05, 3.63) is 33.5 Å². The zero-order chi connectivity index (χ0) is 11.5. The standard InChI is InChI=1S/C10H12N4OS/c1-6-3-4-8(16-6)5-11-10(15)9-12-7(2)13-14-9/h3-4H,5H2,1-2H3,(H,11,15)(H,12,13,14). The summed E-state index contributed by atoms with van der Waals surface area (Å²) in [4.78, 5) is 17.9. The van der Waals surface area contributed by atoms with Gasteiger partial charge in [0.25, 0.3) is 5.91 Å². The maximum Gasteiger partial charge on any atom is 0.291 e. The molecule has 5 nitrogen and oxygen atoms in total. The smallest absolute Gasteiger partial charge is 0.291 e. The summed E-state index contributed by atoms with van der Waals surface area (Å²) in [5.74, 6) is 0.568. The van der Waals surface area contributed by atoms with E-state index >= 15 is 0 Å². The first kappa shape index (κ1) is 10.8. The van der Waals surface area contributed by atoms with Crippen LogP contribution >= 0.6 is 11.3 Å². The number of rotatable bonds is 3. The third-order valence-corrected chi connectivity index (χ3v) is 3.02. The molecule has 0 aromatic carbocycles. The number of carbonyl (C=O) groups excluding carboxylic acids is 1. The second-order valence-electron chi connectivity index (χ2n) is 3.44. The highest BCUT2D eigenvalue weighted by Gasteiger charge is 2.10. The molecule has 2 rings (SSSR count). The number of H-pyrrole nitrogens is 1. The molecule has 16 heavy (non-hydrogen) atoms. The van der Waals surface area contributed by atoms with Crippen LogP contribution in [0.3, 0.4) is 0 Å². The summed E-state index contributed by atoms with van der Waals surface area (Å²) in [6.07, 6.45) is 0. The third-order valence-electron chi connectivity index (χ3n) is 2.02. The van der Waals surface area contributed by atoms with Gasteiger partial charge in [-0.3, -0.25) is 9.89 Å². The van der Waals surface area contributed by atoms with Gasteiger partial charge in [-0.05, 0) is 26.0 Å². The highest BCUT2D eigenvalue weighted by Crippen LogP contribution is 2.14. The SMILES string of the molecule is Cc1nc(C(=O)NCc2ccc(C)s2)n[nH]1. The van der Waals surface area contributed by atoms with Crippen LogP contribution in [0, 0.1) is 13.8 Å². The van der Waals surface area contributed by atoms with Crippen LogP contribution in [0.1, 0.15) is 26.2 Å². The van der Waals surface area contributed by atoms with Gasteiger partial charge < -0.3 is 5.32 Å². The normalized spacial score (nSPS) is 10.4. The van der Waals surface area contributed by atoms with E-state index in [0.29, 0.717) is 12.4 Å². The van der Waals surface area contributed by atoms with Crippen LogP contribution in [0.15, 0.2) is 12.1 Å². The van der Waals surface area contributed by atoms with Crippen molar-refractivity contribution >= 4 is 17.2 Å². The lowest BCUT2D eigenvalue weighted by molar-refractivity contribution is 0.0941. The Kier molecular flexibility index (Phi) is 3.00. The molecule has 0 saturated carbocycles. The number of hydrogen-bond acceptors (Lipinski definition) is 4. The van der Waals surface area contributed by atoms with Crippen LogP contribution in [-0.2, 0) is 6.54 Å². The molecule has 84 valence electrons. The zero-order valence-corrected chi connectivity index (χ0v) is 9.89. The Labute approximate surface area is 96.9 Å². The molecule has 0 radical (unpaired) electrons. The molecule has 0 spiro atoms. The summed E-state index contributed by atoms with van der Waals surface area (Å²) in [5.41, 5.74) is 0. The van der Waals surface area contributed by atoms with Gasteiger partial charge in [-0.1, -0.05) is 0 Å². The van der Waals surface area contributed by atoms with Crippen molar-refractivity contribution in [1.29, 1.82) is 0 Å². The number of amides is 1. The molecule has 6 heteroatoms. The quantitative estimate of drug-likeness (QED) is 0.846. The van der Waals surface area contributed by atoms with Crippen molar-refractivity contribution in [2.24, 2.45) is 0 Å². The van der Waals surface area contributed by atoms with Gasteiger partial charge in [0.15, 0.2) is 0 Å². The van der Waals surface area contributed by atoms with Crippen LogP contribution < -0.4 is 5.32 Å². The van der Waals surface area contributed by atoms with E-state index in [1.807, 2.05) is 19.1 Å². The van der Waals surface area contributed by atoms with Crippen LogP contribution in [-0.4, -0.2) is 21.1 Å². The van der Waals surface area contributed by atoms with Gasteiger partial charge >= 0.3 is 0 Å². The molecular formula is C10H12N4OS. The van der Waals surface area contributed by atoms with E-state index < -0.39 is 0 Å². The van der Waals surface area contributed by atoms with Crippen molar-refractivity contribution in [2.75, 3.05) is 0 Å². The van der Waals surface area contributed by atoms with Crippen LogP contribution in [0.2, 0.25) is 0 Å². The predicted octanol–water partition coefficient (Wildman–Crippen LogP) is 1.41. The summed E-state index contributed by atoms with van der Waals surface area (Å²) < 4.78 is 0. The molecule has 1 amide bonds. The Morgan fingerprint density at radius 3 is 2.88 bits per heavy atom. The first-order chi connectivity index (χ1) is 7.65. The Hall–Kier alpha value is -1.69. The molecule has 0 aliphatic rings. The Bertz CT molecular complexity index is 502. The van der Waals surface area contributed by atoms with Gasteiger partial charge in [0.05, 0.1) is 6.54 Å². The lowest BCUT2D eigenvalue weighted by atomic mass is 10.4. The Balaban J connectivity index is 1.93. The fourth-order valence-corrected chi connectivity index (χ4v) is 2.10. The summed E-state index contributed by atoms with van der Waals surface area (Å²) >= 11 is 1.67. The van der Waals surface area contributed by atoms with Crippen molar-refractivity contribution in [1.82, 2.24) is 20.5 Å². The highest BCUT2D eigenvalue weighted by molar-refractivity contribution is 7.11. The molecule has 0 unspecified atom stereocenters. The molecule has 0 aliphatic carbocycles. The van der Waals surface area contributed by atoms with Crippen molar-refractivity contribution in [3.8, 4) is 0 Å². The number of aryl methyl sites for hydroxylation is 2. The minimum Gasteiger partial charge on any atom is -0.344 e. The van der Waals surface area contributed by atoms with Gasteiger partial charge in [-0.2, -0.15) is 0 Å². The van der Waals surface area contributed by atoms with Crippen molar-refractivity contribution in [2.45, 2.75) is 20.4 Å². The van der Waals surface area contributed by atoms with Crippen LogP contribution in [0.5, 0.6) is 0 Å². The van der Waals surface area contributed by atoms with Gasteiger partial charge in [0, 0.05) is 9.75 Å². The van der Waals surface area contributed by atoms with E-state index in [-0.39, 0.29) is 11.7 Å². The molecule has 0 saturated heterocycles. The molecule has 2 aromatic heterocycles. The van der Waals surface area contributed by atoms with E-state index in [0.717, 1.165) is 4.88 Å². The molecule has 2 aromatic rings. The zero-order valence-electron chi connectivity index (χ0n) is 9.07. The molecule has 0 aliphatic heterocycles. The molecular weight excluding hydrogens is 224 g/mol. The van der Waals surface area contributed by atoms with Gasteiger partial charge in [0.1, 0.15) is 5.82 Å². The largest absolute Gasteiger partial charge is 0.344 e. The number of carbonyl (C=O) groups is 1. The molecule has 0 atom stereocenters. The summed E-state index contributed by atoms with van der Waals surface area (Å²) in [5, 5.41) is 9.19. The number of thiophene rings is 1. The predicted molar refractivity (Wildman–Crippen MR) is 61.3 cm³/mol. The van der Waals surface area contributed by atoms with Crippen molar-refractivity contribution in [3.63, 3.8) is 0 Å². The fraction of sp³-hybridized carbons (Fsp3) is 0.300. The van der Waals surface area contributed by atoms with E-state index in [1.165, 1.54) is 4.88 Å². The maximum atomic E-state index is 11.6. The maximum absolute atomic E-state index is 11.6. The van der Waals surface area contributed by atoms with Crippen LogP contribution in [0.25, 0.3) is 0 Å². The van der Waals surface area contributed by atoms with E-state index in [2.05, 4.69) is 20.5 Å². The summed E-state index contributed by atoms with van der Waals surface area (Å²) in [6, 6.07) is 4.03. The van der Waals surface area contributed by atoms with E-state index in [1.54, 1.807) is 18.3 Å². The first-order valence-electron chi connectivity index (χ1n) is 4.87. The second kappa shape index (κ2) is 4.44. The second-order valence-corrected chi connectivity index (χ2v) is 4.81. The molecule has 2 heterocycles. The fourth-order valence-electron chi connectivity index (χ4n) is 1.27. The van der Waals surface area contributed by atoms with Crippen LogP contribution in [0.4, 0.5) is 0 Å². The number of aromatic nitrogens is 3. The number of nitrogens with zero attached hydrogens (tertiary/aromatic N) is 2. The number of hydrogen-bond donors (Lipinski definition) is 2. The minimum atomic E-state index is -0.254. The minimum absolute atomic E-state index is 0.186. The lowest BCUT2D eigenvalue weighted by Gasteiger charge is -1.98. The average molecular weight is 236 g/mol. The van der Waals surface area contributed by atoms with Gasteiger partial charge in [-0.15, -0.1) is 16.4 Å². The summed E-state index contributed by atoms with van der Waals surface area (Å²) in [7, 11) is 0. The number of aromatic amines is 1. The van der Waals surface area contributed by atoms with Gasteiger partial charge in [0.2, 0.25) is 5.82 Å². The lowest BCUT2D eigenvalue weighted by Crippen LogP contribution is -2.23. The van der Waals surface area contributed by atoms with Crippen molar-refractivity contribution < 1.29 is 4.79 Å². The average Bonchev–Trinajstić information content (AvgIpc) is 2.84. The third kappa shape index (κ3) is 2.46. The van der Waals surface area contributed by atoms with Gasteiger partial charge in [-0.25, -0.2) is 4.98 Å². The summed E-state index contributed by atoms with van der Waals surface area (Å²) in [6.45, 7) is 4.31. The first-order valence-corrected chi connectivity index (χ1v) is 5.69. The van der Waals surface area contributed by atoms with E-state index in [9.17, 15) is 4.79 Å². The Morgan fingerprint density at radius 2 is 2.31 bits per heavy atom. The number of nitrogens with one attached hydrogen (secondary N) is 2. The molecule has 0 bridgehead atoms. The Morgan fingerprint density at radius 1 is 1.50 bits per heavy atom. The highest BCUT2D eigenvalue weighted by atomic mass is 32.1. The monoisotopic (exact) mass is 236 g/mol. The molecule has 0 fully saturated rings.